The summed E-state index contributed by atoms with van der Waals surface area (Å²) in [7, 11) is 0. The van der Waals surface area contributed by atoms with E-state index < -0.39 is 0 Å². The first-order valence-corrected chi connectivity index (χ1v) is 5.97. The van der Waals surface area contributed by atoms with Crippen LogP contribution in [-0.2, 0) is 0 Å². The van der Waals surface area contributed by atoms with Gasteiger partial charge < -0.3 is 5.32 Å². The number of hydrogen-bond donors (Lipinski definition) is 1. The summed E-state index contributed by atoms with van der Waals surface area (Å²) in [4.78, 5) is 0. The molecule has 1 N–H and O–H groups in total. The SMILES string of the molecule is CCC1(CNC2CC(C)C2)CCC1. The minimum absolute atomic E-state index is 0.707. The zero-order chi connectivity index (χ0) is 9.31. The van der Waals surface area contributed by atoms with Crippen molar-refractivity contribution in [3.63, 3.8) is 0 Å². The van der Waals surface area contributed by atoms with Crippen LogP contribution in [0.3, 0.4) is 0 Å². The fourth-order valence-corrected chi connectivity index (χ4v) is 2.76. The molecule has 2 aliphatic carbocycles. The van der Waals surface area contributed by atoms with Gasteiger partial charge in [-0.3, -0.25) is 0 Å². The highest BCUT2D eigenvalue weighted by atomic mass is 14.9. The van der Waals surface area contributed by atoms with Gasteiger partial charge in [0.1, 0.15) is 0 Å². The normalized spacial score (nSPS) is 36.5. The minimum Gasteiger partial charge on any atom is -0.313 e. The highest BCUT2D eigenvalue weighted by Crippen LogP contribution is 2.43. The Morgan fingerprint density at radius 2 is 2.00 bits per heavy atom. The first-order chi connectivity index (χ1) is 6.24. The van der Waals surface area contributed by atoms with Crippen molar-refractivity contribution in [3.8, 4) is 0 Å². The first kappa shape index (κ1) is 9.51. The summed E-state index contributed by atoms with van der Waals surface area (Å²) >= 11 is 0. The average molecular weight is 181 g/mol. The van der Waals surface area contributed by atoms with E-state index in [1.165, 1.54) is 45.1 Å². The van der Waals surface area contributed by atoms with Crippen LogP contribution in [0.5, 0.6) is 0 Å². The molecule has 0 atom stereocenters. The van der Waals surface area contributed by atoms with Gasteiger partial charge in [0, 0.05) is 12.6 Å². The Labute approximate surface area is 82.3 Å². The molecular formula is C12H23N. The van der Waals surface area contributed by atoms with E-state index in [1.807, 2.05) is 0 Å². The molecule has 2 aliphatic rings. The molecule has 76 valence electrons. The third-order valence-corrected chi connectivity index (χ3v) is 4.30. The molecule has 0 heterocycles. The summed E-state index contributed by atoms with van der Waals surface area (Å²) in [5.74, 6) is 0.983. The average Bonchev–Trinajstić information content (AvgIpc) is 1.99. The summed E-state index contributed by atoms with van der Waals surface area (Å²) < 4.78 is 0. The summed E-state index contributed by atoms with van der Waals surface area (Å²) in [5.41, 5.74) is 0.707. The van der Waals surface area contributed by atoms with Gasteiger partial charge in [0.2, 0.25) is 0 Å². The lowest BCUT2D eigenvalue weighted by Gasteiger charge is -2.44. The Hall–Kier alpha value is -0.0400. The fraction of sp³-hybridized carbons (Fsp3) is 1.00. The van der Waals surface area contributed by atoms with Crippen LogP contribution >= 0.6 is 0 Å². The van der Waals surface area contributed by atoms with Crippen LogP contribution in [0.15, 0.2) is 0 Å². The van der Waals surface area contributed by atoms with E-state index in [0.717, 1.165) is 12.0 Å². The van der Waals surface area contributed by atoms with Crippen LogP contribution in [-0.4, -0.2) is 12.6 Å². The third-order valence-electron chi connectivity index (χ3n) is 4.30. The Bertz CT molecular complexity index is 160. The zero-order valence-electron chi connectivity index (χ0n) is 9.10. The van der Waals surface area contributed by atoms with Gasteiger partial charge in [0.05, 0.1) is 0 Å². The molecule has 0 bridgehead atoms. The second kappa shape index (κ2) is 3.61. The van der Waals surface area contributed by atoms with Gasteiger partial charge >= 0.3 is 0 Å². The van der Waals surface area contributed by atoms with Crippen molar-refractivity contribution in [1.29, 1.82) is 0 Å². The molecule has 0 unspecified atom stereocenters. The maximum atomic E-state index is 3.74. The summed E-state index contributed by atoms with van der Waals surface area (Å²) in [6, 6.07) is 0.860. The van der Waals surface area contributed by atoms with Gasteiger partial charge in [-0.05, 0) is 43.4 Å². The van der Waals surface area contributed by atoms with Crippen molar-refractivity contribution in [2.75, 3.05) is 6.54 Å². The predicted octanol–water partition coefficient (Wildman–Crippen LogP) is 2.95. The van der Waals surface area contributed by atoms with Crippen molar-refractivity contribution in [1.82, 2.24) is 5.32 Å². The zero-order valence-corrected chi connectivity index (χ0v) is 9.10. The molecule has 2 rings (SSSR count). The Morgan fingerprint density at radius 1 is 1.31 bits per heavy atom. The Balaban J connectivity index is 1.66. The number of hydrogen-bond acceptors (Lipinski definition) is 1. The highest BCUT2D eigenvalue weighted by molar-refractivity contribution is 4.91. The maximum Gasteiger partial charge on any atom is 0.00723 e. The molecule has 0 aromatic heterocycles. The maximum absolute atomic E-state index is 3.74. The summed E-state index contributed by atoms with van der Waals surface area (Å²) in [6.07, 6.45) is 8.62. The van der Waals surface area contributed by atoms with Gasteiger partial charge in [0.15, 0.2) is 0 Å². The highest BCUT2D eigenvalue weighted by Gasteiger charge is 2.36. The molecule has 0 spiro atoms. The second-order valence-electron chi connectivity index (χ2n) is 5.36. The van der Waals surface area contributed by atoms with E-state index in [-0.39, 0.29) is 0 Å². The Morgan fingerprint density at radius 3 is 2.38 bits per heavy atom. The topological polar surface area (TPSA) is 12.0 Å². The molecule has 1 nitrogen and oxygen atoms in total. The molecule has 0 saturated heterocycles. The van der Waals surface area contributed by atoms with Crippen molar-refractivity contribution in [3.05, 3.63) is 0 Å². The molecule has 0 aromatic carbocycles. The van der Waals surface area contributed by atoms with E-state index in [4.69, 9.17) is 0 Å². The van der Waals surface area contributed by atoms with Gasteiger partial charge in [0.25, 0.3) is 0 Å². The van der Waals surface area contributed by atoms with Crippen LogP contribution in [0.1, 0.15) is 52.4 Å². The Kier molecular flexibility index (Phi) is 2.64. The van der Waals surface area contributed by atoms with Gasteiger partial charge in [-0.2, -0.15) is 0 Å². The molecule has 0 amide bonds. The van der Waals surface area contributed by atoms with Crippen LogP contribution in [0.25, 0.3) is 0 Å². The van der Waals surface area contributed by atoms with Crippen molar-refractivity contribution in [2.24, 2.45) is 11.3 Å². The lowest BCUT2D eigenvalue weighted by atomic mass is 9.66. The standard InChI is InChI=1S/C12H23N/c1-3-12(5-4-6-12)9-13-11-7-10(2)8-11/h10-11,13H,3-9H2,1-2H3. The lowest BCUT2D eigenvalue weighted by molar-refractivity contribution is 0.104. The summed E-state index contributed by atoms with van der Waals surface area (Å²) in [6.45, 7) is 6.00. The van der Waals surface area contributed by atoms with Crippen LogP contribution < -0.4 is 5.32 Å². The smallest absolute Gasteiger partial charge is 0.00723 e. The first-order valence-electron chi connectivity index (χ1n) is 5.97. The summed E-state index contributed by atoms with van der Waals surface area (Å²) in [5, 5.41) is 3.74. The molecule has 0 aromatic rings. The minimum atomic E-state index is 0.707. The van der Waals surface area contributed by atoms with Crippen LogP contribution in [0.4, 0.5) is 0 Å². The largest absolute Gasteiger partial charge is 0.313 e. The molecular weight excluding hydrogens is 158 g/mol. The predicted molar refractivity (Wildman–Crippen MR) is 56.8 cm³/mol. The van der Waals surface area contributed by atoms with Gasteiger partial charge in [-0.15, -0.1) is 0 Å². The van der Waals surface area contributed by atoms with Crippen LogP contribution in [0, 0.1) is 11.3 Å². The van der Waals surface area contributed by atoms with Gasteiger partial charge in [-0.1, -0.05) is 20.3 Å². The van der Waals surface area contributed by atoms with Gasteiger partial charge in [-0.25, -0.2) is 0 Å². The van der Waals surface area contributed by atoms with E-state index >= 15 is 0 Å². The molecule has 2 saturated carbocycles. The fourth-order valence-electron chi connectivity index (χ4n) is 2.76. The quantitative estimate of drug-likeness (QED) is 0.703. The molecule has 13 heavy (non-hydrogen) atoms. The molecule has 1 heteroatoms. The van der Waals surface area contributed by atoms with E-state index in [1.54, 1.807) is 0 Å². The molecule has 2 fully saturated rings. The third kappa shape index (κ3) is 1.90. The van der Waals surface area contributed by atoms with E-state index in [0.29, 0.717) is 5.41 Å². The van der Waals surface area contributed by atoms with Crippen molar-refractivity contribution >= 4 is 0 Å². The molecule has 0 aliphatic heterocycles. The van der Waals surface area contributed by atoms with Crippen LogP contribution in [0.2, 0.25) is 0 Å². The van der Waals surface area contributed by atoms with E-state index in [9.17, 15) is 0 Å². The second-order valence-corrected chi connectivity index (χ2v) is 5.36. The van der Waals surface area contributed by atoms with Crippen molar-refractivity contribution in [2.45, 2.75) is 58.4 Å². The van der Waals surface area contributed by atoms with E-state index in [2.05, 4.69) is 19.2 Å². The van der Waals surface area contributed by atoms with Crippen molar-refractivity contribution < 1.29 is 0 Å². The number of rotatable bonds is 4. The number of nitrogens with one attached hydrogen (secondary N) is 1. The molecule has 0 radical (unpaired) electrons. The lowest BCUT2D eigenvalue weighted by Crippen LogP contribution is -2.47. The monoisotopic (exact) mass is 181 g/mol.